The fourth-order valence-corrected chi connectivity index (χ4v) is 2.90. The maximum absolute atomic E-state index is 12.6. The minimum Gasteiger partial charge on any atom is -0.481 e. The lowest BCUT2D eigenvalue weighted by Gasteiger charge is -2.35. The van der Waals surface area contributed by atoms with Gasteiger partial charge in [0.25, 0.3) is 5.91 Å². The molecule has 0 spiro atoms. The third kappa shape index (κ3) is 4.40. The van der Waals surface area contributed by atoms with Gasteiger partial charge in [0.2, 0.25) is 0 Å². The van der Waals surface area contributed by atoms with Crippen LogP contribution in [0, 0.1) is 11.3 Å². The van der Waals surface area contributed by atoms with Crippen molar-refractivity contribution >= 4 is 5.91 Å². The van der Waals surface area contributed by atoms with Gasteiger partial charge in [-0.3, -0.25) is 9.69 Å². The molecule has 1 aliphatic rings. The van der Waals surface area contributed by atoms with E-state index in [-0.39, 0.29) is 5.91 Å². The molecular weight excluding hydrogens is 318 g/mol. The summed E-state index contributed by atoms with van der Waals surface area (Å²) in [5.74, 6) is 1.45. The van der Waals surface area contributed by atoms with E-state index in [9.17, 15) is 4.79 Å². The van der Waals surface area contributed by atoms with Crippen LogP contribution in [0.4, 0.5) is 0 Å². The summed E-state index contributed by atoms with van der Waals surface area (Å²) in [5.41, 5.74) is 0.517. The number of nitrogens with zero attached hydrogens (tertiary/aromatic N) is 3. The van der Waals surface area contributed by atoms with Crippen LogP contribution in [0.5, 0.6) is 5.75 Å². The number of hydrogen-bond acceptors (Lipinski definition) is 5. The molecule has 6 heteroatoms. The van der Waals surface area contributed by atoms with E-state index >= 15 is 0 Å². The molecule has 2 heterocycles. The zero-order chi connectivity index (χ0) is 17.6. The molecule has 2 aromatic rings. The van der Waals surface area contributed by atoms with Crippen molar-refractivity contribution in [3.63, 3.8) is 0 Å². The molecule has 1 aliphatic heterocycles. The molecule has 0 N–H and O–H groups in total. The van der Waals surface area contributed by atoms with E-state index in [1.54, 1.807) is 37.5 Å². The summed E-state index contributed by atoms with van der Waals surface area (Å²) >= 11 is 0. The number of carbonyl (C=O) groups is 1. The average molecular weight is 339 g/mol. The van der Waals surface area contributed by atoms with Gasteiger partial charge in [0.1, 0.15) is 11.5 Å². The Morgan fingerprint density at radius 2 is 2.08 bits per heavy atom. The highest BCUT2D eigenvalue weighted by molar-refractivity contribution is 5.81. The van der Waals surface area contributed by atoms with Crippen LogP contribution < -0.4 is 4.74 Å². The van der Waals surface area contributed by atoms with Gasteiger partial charge in [0.15, 0.2) is 6.10 Å². The van der Waals surface area contributed by atoms with Crippen molar-refractivity contribution in [1.82, 2.24) is 9.80 Å². The summed E-state index contributed by atoms with van der Waals surface area (Å²) in [6.45, 7) is 5.47. The number of amides is 1. The number of hydrogen-bond donors (Lipinski definition) is 0. The second kappa shape index (κ2) is 7.86. The van der Waals surface area contributed by atoms with Gasteiger partial charge < -0.3 is 14.1 Å². The normalized spacial score (nSPS) is 16.2. The van der Waals surface area contributed by atoms with Crippen molar-refractivity contribution in [3.05, 3.63) is 54.0 Å². The summed E-state index contributed by atoms with van der Waals surface area (Å²) in [6, 6.07) is 12.8. The molecule has 1 atom stereocenters. The Kier molecular flexibility index (Phi) is 5.36. The Bertz CT molecular complexity index is 744. The van der Waals surface area contributed by atoms with E-state index in [0.717, 1.165) is 25.4 Å². The molecule has 0 unspecified atom stereocenters. The largest absolute Gasteiger partial charge is 0.481 e. The zero-order valence-corrected chi connectivity index (χ0v) is 14.2. The van der Waals surface area contributed by atoms with Crippen LogP contribution in [-0.2, 0) is 11.3 Å². The summed E-state index contributed by atoms with van der Waals surface area (Å²) in [5, 5.41) is 8.93. The van der Waals surface area contributed by atoms with E-state index in [0.29, 0.717) is 24.4 Å². The molecule has 1 fully saturated rings. The van der Waals surface area contributed by atoms with E-state index in [1.165, 1.54) is 0 Å². The predicted molar refractivity (Wildman–Crippen MR) is 91.8 cm³/mol. The molecule has 1 aromatic carbocycles. The highest BCUT2D eigenvalue weighted by Gasteiger charge is 2.26. The Labute approximate surface area is 147 Å². The first-order chi connectivity index (χ1) is 12.2. The van der Waals surface area contributed by atoms with Crippen LogP contribution in [0.15, 0.2) is 47.1 Å². The van der Waals surface area contributed by atoms with E-state index in [4.69, 9.17) is 14.4 Å². The summed E-state index contributed by atoms with van der Waals surface area (Å²) in [7, 11) is 0. The third-order valence-electron chi connectivity index (χ3n) is 4.27. The first kappa shape index (κ1) is 17.1. The van der Waals surface area contributed by atoms with Crippen molar-refractivity contribution in [2.45, 2.75) is 19.6 Å². The van der Waals surface area contributed by atoms with Gasteiger partial charge in [-0.2, -0.15) is 5.26 Å². The molecule has 0 bridgehead atoms. The molecule has 25 heavy (non-hydrogen) atoms. The summed E-state index contributed by atoms with van der Waals surface area (Å²) in [4.78, 5) is 16.7. The van der Waals surface area contributed by atoms with Crippen molar-refractivity contribution in [1.29, 1.82) is 5.26 Å². The van der Waals surface area contributed by atoms with Gasteiger partial charge in [0, 0.05) is 26.2 Å². The molecule has 1 amide bonds. The SMILES string of the molecule is C[C@@H](Oc1cccc(C#N)c1)C(=O)N1CCN(Cc2ccco2)CC1. The number of ether oxygens (including phenoxy) is 1. The molecule has 3 rings (SSSR count). The molecule has 6 nitrogen and oxygen atoms in total. The second-order valence-corrected chi connectivity index (χ2v) is 6.08. The second-order valence-electron chi connectivity index (χ2n) is 6.08. The van der Waals surface area contributed by atoms with E-state index in [2.05, 4.69) is 11.0 Å². The van der Waals surface area contributed by atoms with Gasteiger partial charge in [-0.15, -0.1) is 0 Å². The number of rotatable bonds is 5. The van der Waals surface area contributed by atoms with E-state index < -0.39 is 6.10 Å². The van der Waals surface area contributed by atoms with Crippen molar-refractivity contribution < 1.29 is 13.9 Å². The fourth-order valence-electron chi connectivity index (χ4n) is 2.90. The average Bonchev–Trinajstić information content (AvgIpc) is 3.15. The third-order valence-corrected chi connectivity index (χ3v) is 4.27. The maximum Gasteiger partial charge on any atom is 0.263 e. The quantitative estimate of drug-likeness (QED) is 0.836. The number of piperazine rings is 1. The Morgan fingerprint density at radius 1 is 1.28 bits per heavy atom. The number of furan rings is 1. The van der Waals surface area contributed by atoms with Gasteiger partial charge in [-0.1, -0.05) is 6.07 Å². The molecular formula is C19H21N3O3. The zero-order valence-electron chi connectivity index (χ0n) is 14.2. The molecule has 0 aliphatic carbocycles. The lowest BCUT2D eigenvalue weighted by atomic mass is 10.2. The highest BCUT2D eigenvalue weighted by atomic mass is 16.5. The monoisotopic (exact) mass is 339 g/mol. The lowest BCUT2D eigenvalue weighted by Crippen LogP contribution is -2.51. The lowest BCUT2D eigenvalue weighted by molar-refractivity contribution is -0.139. The maximum atomic E-state index is 12.6. The summed E-state index contributed by atoms with van der Waals surface area (Å²) < 4.78 is 11.1. The topological polar surface area (TPSA) is 69.7 Å². The van der Waals surface area contributed by atoms with Crippen molar-refractivity contribution in [2.24, 2.45) is 0 Å². The van der Waals surface area contributed by atoms with Crippen LogP contribution in [0.1, 0.15) is 18.2 Å². The molecule has 1 saturated heterocycles. The Hall–Kier alpha value is -2.78. The number of nitriles is 1. The first-order valence-corrected chi connectivity index (χ1v) is 8.36. The van der Waals surface area contributed by atoms with Gasteiger partial charge >= 0.3 is 0 Å². The van der Waals surface area contributed by atoms with Crippen LogP contribution in [-0.4, -0.2) is 48.0 Å². The summed E-state index contributed by atoms with van der Waals surface area (Å²) in [6.07, 6.45) is 1.10. The van der Waals surface area contributed by atoms with Crippen LogP contribution in [0.25, 0.3) is 0 Å². The smallest absolute Gasteiger partial charge is 0.263 e. The van der Waals surface area contributed by atoms with Crippen LogP contribution in [0.3, 0.4) is 0 Å². The molecule has 0 radical (unpaired) electrons. The van der Waals surface area contributed by atoms with Gasteiger partial charge in [-0.05, 0) is 37.3 Å². The van der Waals surface area contributed by atoms with Gasteiger partial charge in [0.05, 0.1) is 24.4 Å². The molecule has 0 saturated carbocycles. The standard InChI is InChI=1S/C19H21N3O3/c1-15(25-17-5-2-4-16(12-17)13-20)19(23)22-9-7-21(8-10-22)14-18-6-3-11-24-18/h2-6,11-12,15H,7-10,14H2,1H3/t15-/m1/s1. The van der Waals surface area contributed by atoms with Crippen LogP contribution >= 0.6 is 0 Å². The molecule has 130 valence electrons. The van der Waals surface area contributed by atoms with Crippen molar-refractivity contribution in [2.75, 3.05) is 26.2 Å². The van der Waals surface area contributed by atoms with Crippen LogP contribution in [0.2, 0.25) is 0 Å². The van der Waals surface area contributed by atoms with Gasteiger partial charge in [-0.25, -0.2) is 0 Å². The minimum absolute atomic E-state index is 0.0278. The molecule has 1 aromatic heterocycles. The first-order valence-electron chi connectivity index (χ1n) is 8.36. The van der Waals surface area contributed by atoms with E-state index in [1.807, 2.05) is 17.0 Å². The number of carbonyl (C=O) groups excluding carboxylic acids is 1. The highest BCUT2D eigenvalue weighted by Crippen LogP contribution is 2.16. The Balaban J connectivity index is 1.50. The minimum atomic E-state index is -0.578. The Morgan fingerprint density at radius 3 is 2.76 bits per heavy atom. The fraction of sp³-hybridized carbons (Fsp3) is 0.368. The number of benzene rings is 1. The predicted octanol–water partition coefficient (Wildman–Crippen LogP) is 2.26. The van der Waals surface area contributed by atoms with Crippen molar-refractivity contribution in [3.8, 4) is 11.8 Å².